The molecule has 3 rings (SSSR count). The number of carbonyl (C=O) groups excluding carboxylic acids is 1. The normalized spacial score (nSPS) is 10.5. The van der Waals surface area contributed by atoms with Crippen molar-refractivity contribution in [3.63, 3.8) is 0 Å². The minimum Gasteiger partial charge on any atom is -0.308 e. The van der Waals surface area contributed by atoms with Crippen LogP contribution in [0.3, 0.4) is 0 Å². The molecule has 0 saturated carbocycles. The molecule has 2 heterocycles. The lowest BCUT2D eigenvalue weighted by molar-refractivity contribution is 0.262. The van der Waals surface area contributed by atoms with E-state index in [0.717, 1.165) is 17.5 Å². The molecule has 8 heteroatoms. The average Bonchev–Trinajstić information content (AvgIpc) is 3.16. The summed E-state index contributed by atoms with van der Waals surface area (Å²) in [4.78, 5) is 16.3. The minimum absolute atomic E-state index is 0.338. The summed E-state index contributed by atoms with van der Waals surface area (Å²) in [5.41, 5.74) is 2.44. The number of amides is 2. The Balaban J connectivity index is 1.71. The number of nitrogens with one attached hydrogen (secondary N) is 3. The first-order valence-electron chi connectivity index (χ1n) is 7.22. The molecule has 0 bridgehead atoms. The van der Waals surface area contributed by atoms with Crippen LogP contribution in [0.1, 0.15) is 12.5 Å². The number of aromatic amines is 1. The third-order valence-electron chi connectivity index (χ3n) is 3.32. The lowest BCUT2D eigenvalue weighted by Crippen LogP contribution is -2.20. The molecular formula is C15H17N7O. The predicted octanol–water partition coefficient (Wildman–Crippen LogP) is 2.41. The minimum atomic E-state index is -0.338. The van der Waals surface area contributed by atoms with Gasteiger partial charge in [0.25, 0.3) is 0 Å². The predicted molar refractivity (Wildman–Crippen MR) is 87.0 cm³/mol. The molecule has 1 aromatic carbocycles. The molecule has 0 atom stereocenters. The van der Waals surface area contributed by atoms with Gasteiger partial charge in [-0.15, -0.1) is 0 Å². The van der Waals surface area contributed by atoms with E-state index >= 15 is 0 Å². The Morgan fingerprint density at radius 2 is 2.22 bits per heavy atom. The Kier molecular flexibility index (Phi) is 4.05. The Hall–Kier alpha value is -3.16. The van der Waals surface area contributed by atoms with Crippen molar-refractivity contribution in [2.24, 2.45) is 7.05 Å². The van der Waals surface area contributed by atoms with E-state index in [1.165, 1.54) is 0 Å². The standard InChI is InChI=1S/C15H17N7O/c1-3-10-8-17-20-14(10)19-15(23)18-12-6-4-5-11(7-12)13-16-9-22(2)21-13/h4-9H,3H2,1-2H3,(H3,17,18,19,20,23). The topological polar surface area (TPSA) is 101 Å². The molecule has 3 N–H and O–H groups in total. The summed E-state index contributed by atoms with van der Waals surface area (Å²) < 4.78 is 1.63. The maximum Gasteiger partial charge on any atom is 0.324 e. The molecule has 0 fully saturated rings. The van der Waals surface area contributed by atoms with Gasteiger partial charge in [0.2, 0.25) is 0 Å². The first-order valence-corrected chi connectivity index (χ1v) is 7.22. The second kappa shape index (κ2) is 6.30. The monoisotopic (exact) mass is 311 g/mol. The van der Waals surface area contributed by atoms with Crippen molar-refractivity contribution >= 4 is 17.5 Å². The summed E-state index contributed by atoms with van der Waals surface area (Å²) in [5.74, 6) is 1.21. The molecular weight excluding hydrogens is 294 g/mol. The highest BCUT2D eigenvalue weighted by Crippen LogP contribution is 2.19. The molecule has 0 aliphatic rings. The van der Waals surface area contributed by atoms with Crippen LogP contribution >= 0.6 is 0 Å². The van der Waals surface area contributed by atoms with Gasteiger partial charge >= 0.3 is 6.03 Å². The lowest BCUT2D eigenvalue weighted by atomic mass is 10.2. The van der Waals surface area contributed by atoms with Crippen molar-refractivity contribution in [2.75, 3.05) is 10.6 Å². The van der Waals surface area contributed by atoms with E-state index in [-0.39, 0.29) is 6.03 Å². The van der Waals surface area contributed by atoms with Crippen LogP contribution in [0.2, 0.25) is 0 Å². The summed E-state index contributed by atoms with van der Waals surface area (Å²) in [6.45, 7) is 2.00. The molecule has 0 aliphatic carbocycles. The van der Waals surface area contributed by atoms with E-state index in [1.807, 2.05) is 32.2 Å². The molecule has 0 aliphatic heterocycles. The van der Waals surface area contributed by atoms with E-state index in [1.54, 1.807) is 23.3 Å². The highest BCUT2D eigenvalue weighted by atomic mass is 16.2. The zero-order chi connectivity index (χ0) is 16.2. The van der Waals surface area contributed by atoms with Gasteiger partial charge in [-0.25, -0.2) is 9.78 Å². The second-order valence-electron chi connectivity index (χ2n) is 5.03. The maximum absolute atomic E-state index is 12.1. The van der Waals surface area contributed by atoms with Crippen LogP contribution in [0.15, 0.2) is 36.8 Å². The van der Waals surface area contributed by atoms with Crippen LogP contribution in [-0.2, 0) is 13.5 Å². The van der Waals surface area contributed by atoms with Crippen LogP contribution in [0.5, 0.6) is 0 Å². The van der Waals surface area contributed by atoms with E-state index < -0.39 is 0 Å². The quantitative estimate of drug-likeness (QED) is 0.688. The molecule has 2 aromatic heterocycles. The van der Waals surface area contributed by atoms with Crippen LogP contribution in [0.25, 0.3) is 11.4 Å². The molecule has 0 spiro atoms. The van der Waals surface area contributed by atoms with Crippen LogP contribution in [0.4, 0.5) is 16.3 Å². The number of benzene rings is 1. The summed E-state index contributed by atoms with van der Waals surface area (Å²) in [7, 11) is 1.81. The van der Waals surface area contributed by atoms with Crippen LogP contribution < -0.4 is 10.6 Å². The van der Waals surface area contributed by atoms with Gasteiger partial charge in [0.1, 0.15) is 12.1 Å². The zero-order valence-electron chi connectivity index (χ0n) is 12.9. The van der Waals surface area contributed by atoms with Crippen molar-refractivity contribution in [1.82, 2.24) is 25.0 Å². The highest BCUT2D eigenvalue weighted by Gasteiger charge is 2.09. The first kappa shape index (κ1) is 14.8. The summed E-state index contributed by atoms with van der Waals surface area (Å²) in [5, 5.41) is 16.5. The second-order valence-corrected chi connectivity index (χ2v) is 5.03. The van der Waals surface area contributed by atoms with E-state index in [4.69, 9.17) is 0 Å². The molecule has 0 saturated heterocycles. The van der Waals surface area contributed by atoms with E-state index in [9.17, 15) is 4.79 Å². The van der Waals surface area contributed by atoms with Gasteiger partial charge in [-0.1, -0.05) is 19.1 Å². The number of rotatable bonds is 4. The number of H-pyrrole nitrogens is 1. The molecule has 3 aromatic rings. The Labute approximate surface area is 132 Å². The number of nitrogens with zero attached hydrogens (tertiary/aromatic N) is 4. The van der Waals surface area contributed by atoms with Gasteiger partial charge in [-0.05, 0) is 18.6 Å². The smallest absolute Gasteiger partial charge is 0.308 e. The number of anilines is 2. The number of aromatic nitrogens is 5. The Bertz CT molecular complexity index is 821. The molecule has 0 radical (unpaired) electrons. The van der Waals surface area contributed by atoms with Gasteiger partial charge in [-0.3, -0.25) is 15.1 Å². The average molecular weight is 311 g/mol. The third-order valence-corrected chi connectivity index (χ3v) is 3.32. The van der Waals surface area contributed by atoms with Crippen molar-refractivity contribution in [2.45, 2.75) is 13.3 Å². The van der Waals surface area contributed by atoms with Crippen molar-refractivity contribution in [1.29, 1.82) is 0 Å². The van der Waals surface area contributed by atoms with Gasteiger partial charge < -0.3 is 5.32 Å². The lowest BCUT2D eigenvalue weighted by Gasteiger charge is -2.08. The number of aryl methyl sites for hydroxylation is 2. The fourth-order valence-corrected chi connectivity index (χ4v) is 2.17. The summed E-state index contributed by atoms with van der Waals surface area (Å²) in [6.07, 6.45) is 4.11. The first-order chi connectivity index (χ1) is 11.2. The van der Waals surface area contributed by atoms with Crippen molar-refractivity contribution in [3.8, 4) is 11.4 Å². The molecule has 8 nitrogen and oxygen atoms in total. The molecule has 23 heavy (non-hydrogen) atoms. The zero-order valence-corrected chi connectivity index (χ0v) is 12.9. The van der Waals surface area contributed by atoms with Gasteiger partial charge in [0, 0.05) is 23.9 Å². The largest absolute Gasteiger partial charge is 0.324 e. The third kappa shape index (κ3) is 3.37. The molecule has 0 unspecified atom stereocenters. The number of carbonyl (C=O) groups is 1. The van der Waals surface area contributed by atoms with E-state index in [2.05, 4.69) is 30.9 Å². The van der Waals surface area contributed by atoms with Gasteiger partial charge in [0.15, 0.2) is 5.82 Å². The fraction of sp³-hybridized carbons (Fsp3) is 0.200. The Morgan fingerprint density at radius 1 is 1.35 bits per heavy atom. The summed E-state index contributed by atoms with van der Waals surface area (Å²) >= 11 is 0. The van der Waals surface area contributed by atoms with Gasteiger partial charge in [0.05, 0.1) is 6.20 Å². The van der Waals surface area contributed by atoms with Crippen LogP contribution in [-0.4, -0.2) is 31.0 Å². The number of urea groups is 1. The van der Waals surface area contributed by atoms with E-state index in [0.29, 0.717) is 17.3 Å². The van der Waals surface area contributed by atoms with Gasteiger partial charge in [-0.2, -0.15) is 10.2 Å². The Morgan fingerprint density at radius 3 is 2.96 bits per heavy atom. The number of hydrogen-bond acceptors (Lipinski definition) is 4. The summed E-state index contributed by atoms with van der Waals surface area (Å²) in [6, 6.07) is 7.02. The fourth-order valence-electron chi connectivity index (χ4n) is 2.17. The highest BCUT2D eigenvalue weighted by molar-refractivity contribution is 5.99. The number of hydrogen-bond donors (Lipinski definition) is 3. The molecule has 2 amide bonds. The maximum atomic E-state index is 12.1. The van der Waals surface area contributed by atoms with Crippen molar-refractivity contribution < 1.29 is 4.79 Å². The molecule has 118 valence electrons. The SMILES string of the molecule is CCc1cn[nH]c1NC(=O)Nc1cccc(-c2ncn(C)n2)c1. The van der Waals surface area contributed by atoms with Crippen molar-refractivity contribution in [3.05, 3.63) is 42.4 Å². The van der Waals surface area contributed by atoms with Crippen LogP contribution in [0, 0.1) is 0 Å².